The fourth-order valence-electron chi connectivity index (χ4n) is 2.59. The minimum Gasteiger partial charge on any atom is -0.349 e. The second-order valence-electron chi connectivity index (χ2n) is 5.36. The highest BCUT2D eigenvalue weighted by Gasteiger charge is 2.22. The number of anilines is 1. The molecular weight excluding hydrogens is 254 g/mol. The van der Waals surface area contributed by atoms with Crippen molar-refractivity contribution in [2.45, 2.75) is 32.9 Å². The molecule has 2 rings (SSSR count). The van der Waals surface area contributed by atoms with E-state index in [9.17, 15) is 4.79 Å². The van der Waals surface area contributed by atoms with Crippen molar-refractivity contribution in [3.63, 3.8) is 0 Å². The zero-order valence-corrected chi connectivity index (χ0v) is 12.5. The van der Waals surface area contributed by atoms with Gasteiger partial charge in [0.2, 0.25) is 0 Å². The molecule has 1 unspecified atom stereocenters. The van der Waals surface area contributed by atoms with E-state index in [2.05, 4.69) is 28.6 Å². The number of hydrogen-bond acceptors (Lipinski definition) is 5. The van der Waals surface area contributed by atoms with Gasteiger partial charge in [0.15, 0.2) is 5.82 Å². The number of rotatable bonds is 5. The minimum absolute atomic E-state index is 0.0228. The van der Waals surface area contributed by atoms with Crippen molar-refractivity contribution >= 4 is 5.82 Å². The zero-order valence-electron chi connectivity index (χ0n) is 12.5. The van der Waals surface area contributed by atoms with Crippen LogP contribution in [0.2, 0.25) is 0 Å². The summed E-state index contributed by atoms with van der Waals surface area (Å²) in [6, 6.07) is 0.401. The van der Waals surface area contributed by atoms with Crippen molar-refractivity contribution in [3.8, 4) is 0 Å². The summed E-state index contributed by atoms with van der Waals surface area (Å²) in [5, 5.41) is 0. The summed E-state index contributed by atoms with van der Waals surface area (Å²) in [6.45, 7) is 9.17. The molecule has 1 saturated heterocycles. The molecule has 1 aromatic heterocycles. The third-order valence-corrected chi connectivity index (χ3v) is 3.94. The number of nitrogens with two attached hydrogens (primary N) is 1. The molecule has 20 heavy (non-hydrogen) atoms. The van der Waals surface area contributed by atoms with Crippen LogP contribution in [-0.4, -0.2) is 53.2 Å². The second kappa shape index (κ2) is 6.85. The van der Waals surface area contributed by atoms with Crippen LogP contribution in [0.15, 0.2) is 17.2 Å². The summed E-state index contributed by atoms with van der Waals surface area (Å²) in [6.07, 6.45) is 4.44. The molecule has 0 bridgehead atoms. The molecule has 1 aromatic rings. The van der Waals surface area contributed by atoms with E-state index in [0.717, 1.165) is 39.1 Å². The Morgan fingerprint density at radius 2 is 2.05 bits per heavy atom. The van der Waals surface area contributed by atoms with Crippen LogP contribution in [0.1, 0.15) is 20.3 Å². The van der Waals surface area contributed by atoms with E-state index in [1.54, 1.807) is 17.0 Å². The van der Waals surface area contributed by atoms with Gasteiger partial charge in [0.1, 0.15) is 0 Å². The van der Waals surface area contributed by atoms with Crippen molar-refractivity contribution in [2.24, 2.45) is 5.73 Å². The van der Waals surface area contributed by atoms with Gasteiger partial charge in [-0.1, -0.05) is 6.92 Å². The van der Waals surface area contributed by atoms with Gasteiger partial charge >= 0.3 is 0 Å². The summed E-state index contributed by atoms with van der Waals surface area (Å²) in [7, 11) is 0. The van der Waals surface area contributed by atoms with E-state index >= 15 is 0 Å². The molecule has 1 aliphatic heterocycles. The predicted octanol–water partition coefficient (Wildman–Crippen LogP) is 0.123. The molecule has 0 aromatic carbocycles. The molecule has 112 valence electrons. The van der Waals surface area contributed by atoms with Crippen LogP contribution in [-0.2, 0) is 6.54 Å². The lowest BCUT2D eigenvalue weighted by molar-refractivity contribution is 0.201. The average Bonchev–Trinajstić information content (AvgIpc) is 2.49. The van der Waals surface area contributed by atoms with E-state index in [1.807, 2.05) is 0 Å². The van der Waals surface area contributed by atoms with E-state index in [1.165, 1.54) is 0 Å². The van der Waals surface area contributed by atoms with Crippen LogP contribution >= 0.6 is 0 Å². The monoisotopic (exact) mass is 279 g/mol. The van der Waals surface area contributed by atoms with Gasteiger partial charge in [-0.05, 0) is 13.3 Å². The average molecular weight is 279 g/mol. The molecule has 2 N–H and O–H groups in total. The maximum atomic E-state index is 12.4. The van der Waals surface area contributed by atoms with Gasteiger partial charge in [0, 0.05) is 57.7 Å². The van der Waals surface area contributed by atoms with Crippen molar-refractivity contribution < 1.29 is 0 Å². The number of hydrogen-bond donors (Lipinski definition) is 1. The number of aromatic nitrogens is 2. The SMILES string of the molecule is CCCn1ccnc(N2CCN(C(C)CN)CC2)c1=O. The van der Waals surface area contributed by atoms with Crippen LogP contribution in [0.25, 0.3) is 0 Å². The fraction of sp³-hybridized carbons (Fsp3) is 0.714. The van der Waals surface area contributed by atoms with Crippen molar-refractivity contribution in [2.75, 3.05) is 37.6 Å². The fourth-order valence-corrected chi connectivity index (χ4v) is 2.59. The van der Waals surface area contributed by atoms with Crippen LogP contribution in [0.5, 0.6) is 0 Å². The summed E-state index contributed by atoms with van der Waals surface area (Å²) >= 11 is 0. The lowest BCUT2D eigenvalue weighted by Crippen LogP contribution is -2.52. The molecule has 2 heterocycles. The molecule has 0 saturated carbocycles. The topological polar surface area (TPSA) is 67.4 Å². The van der Waals surface area contributed by atoms with Gasteiger partial charge in [0.25, 0.3) is 5.56 Å². The van der Waals surface area contributed by atoms with Gasteiger partial charge in [-0.2, -0.15) is 0 Å². The highest BCUT2D eigenvalue weighted by atomic mass is 16.1. The molecule has 0 amide bonds. The maximum absolute atomic E-state index is 12.4. The van der Waals surface area contributed by atoms with E-state index in [-0.39, 0.29) is 5.56 Å². The predicted molar refractivity (Wildman–Crippen MR) is 81.1 cm³/mol. The molecule has 6 heteroatoms. The molecule has 0 spiro atoms. The molecule has 6 nitrogen and oxygen atoms in total. The first-order valence-electron chi connectivity index (χ1n) is 7.41. The zero-order chi connectivity index (χ0) is 14.5. The molecule has 1 aliphatic rings. The molecular formula is C14H25N5O. The van der Waals surface area contributed by atoms with E-state index < -0.39 is 0 Å². The quantitative estimate of drug-likeness (QED) is 0.829. The Bertz CT molecular complexity index is 479. The number of nitrogens with zero attached hydrogens (tertiary/aromatic N) is 4. The highest BCUT2D eigenvalue weighted by Crippen LogP contribution is 2.10. The molecule has 1 atom stereocenters. The standard InChI is InChI=1S/C14H25N5O/c1-3-5-19-6-4-16-13(14(19)20)18-9-7-17(8-10-18)12(2)11-15/h4,6,12H,3,5,7-11,15H2,1-2H3. The van der Waals surface area contributed by atoms with Crippen molar-refractivity contribution in [1.29, 1.82) is 0 Å². The third-order valence-electron chi connectivity index (χ3n) is 3.94. The van der Waals surface area contributed by atoms with Crippen molar-refractivity contribution in [3.05, 3.63) is 22.7 Å². The number of aryl methyl sites for hydroxylation is 1. The lowest BCUT2D eigenvalue weighted by Gasteiger charge is -2.37. The summed E-state index contributed by atoms with van der Waals surface area (Å²) in [4.78, 5) is 21.1. The normalized spacial score (nSPS) is 18.2. The van der Waals surface area contributed by atoms with E-state index in [0.29, 0.717) is 18.4 Å². The van der Waals surface area contributed by atoms with Gasteiger partial charge in [-0.15, -0.1) is 0 Å². The van der Waals surface area contributed by atoms with Gasteiger partial charge in [0.05, 0.1) is 0 Å². The Balaban J connectivity index is 2.07. The summed E-state index contributed by atoms with van der Waals surface area (Å²) < 4.78 is 1.75. The lowest BCUT2D eigenvalue weighted by atomic mass is 10.2. The minimum atomic E-state index is 0.0228. The first kappa shape index (κ1) is 15.0. The Kier molecular flexibility index (Phi) is 5.14. The van der Waals surface area contributed by atoms with Gasteiger partial charge < -0.3 is 15.2 Å². The Hall–Kier alpha value is -1.40. The maximum Gasteiger partial charge on any atom is 0.293 e. The van der Waals surface area contributed by atoms with Crippen LogP contribution in [0.4, 0.5) is 5.82 Å². The molecule has 1 fully saturated rings. The third kappa shape index (κ3) is 3.19. The Morgan fingerprint density at radius 1 is 1.35 bits per heavy atom. The van der Waals surface area contributed by atoms with Gasteiger partial charge in [-0.3, -0.25) is 9.69 Å². The first-order valence-corrected chi connectivity index (χ1v) is 7.41. The Morgan fingerprint density at radius 3 is 2.65 bits per heavy atom. The van der Waals surface area contributed by atoms with Crippen LogP contribution < -0.4 is 16.2 Å². The Labute approximate surface area is 120 Å². The van der Waals surface area contributed by atoms with Crippen molar-refractivity contribution in [1.82, 2.24) is 14.5 Å². The summed E-state index contributed by atoms with van der Waals surface area (Å²) in [5.41, 5.74) is 5.73. The summed E-state index contributed by atoms with van der Waals surface area (Å²) in [5.74, 6) is 0.584. The smallest absolute Gasteiger partial charge is 0.293 e. The number of piperazine rings is 1. The van der Waals surface area contributed by atoms with Gasteiger partial charge in [-0.25, -0.2) is 4.98 Å². The van der Waals surface area contributed by atoms with Crippen LogP contribution in [0, 0.1) is 0 Å². The largest absolute Gasteiger partial charge is 0.349 e. The highest BCUT2D eigenvalue weighted by molar-refractivity contribution is 5.36. The molecule has 0 radical (unpaired) electrons. The first-order chi connectivity index (χ1) is 9.67. The van der Waals surface area contributed by atoms with Crippen LogP contribution in [0.3, 0.4) is 0 Å². The molecule has 0 aliphatic carbocycles. The second-order valence-corrected chi connectivity index (χ2v) is 5.36. The van der Waals surface area contributed by atoms with E-state index in [4.69, 9.17) is 5.73 Å².